The van der Waals surface area contributed by atoms with Crippen LogP contribution in [0.5, 0.6) is 5.75 Å². The predicted octanol–water partition coefficient (Wildman–Crippen LogP) is 4.78. The van der Waals surface area contributed by atoms with E-state index in [0.29, 0.717) is 25.3 Å². The highest BCUT2D eigenvalue weighted by atomic mass is 16.5. The van der Waals surface area contributed by atoms with Gasteiger partial charge >= 0.3 is 0 Å². The van der Waals surface area contributed by atoms with Crippen LogP contribution in [0.4, 0.5) is 11.5 Å². The molecule has 1 saturated heterocycles. The minimum atomic E-state index is -0.187. The van der Waals surface area contributed by atoms with Gasteiger partial charge in [0.05, 0.1) is 23.8 Å². The average molecular weight is 698 g/mol. The number of aliphatic hydroxyl groups is 1. The van der Waals surface area contributed by atoms with E-state index in [2.05, 4.69) is 72.9 Å². The molecule has 4 aromatic heterocycles. The molecule has 1 amide bonds. The third kappa shape index (κ3) is 7.45. The molecular weight excluding hydrogens is 654 g/mol. The molecule has 6 aromatic rings. The smallest absolute Gasteiger partial charge is 0.252 e. The van der Waals surface area contributed by atoms with Crippen molar-refractivity contribution in [2.24, 2.45) is 0 Å². The molecule has 12 heteroatoms. The molecule has 0 aliphatic carbocycles. The van der Waals surface area contributed by atoms with Crippen molar-refractivity contribution in [1.82, 2.24) is 39.9 Å². The van der Waals surface area contributed by atoms with Gasteiger partial charge in [-0.2, -0.15) is 0 Å². The molecule has 1 fully saturated rings. The van der Waals surface area contributed by atoms with Crippen LogP contribution in [0.1, 0.15) is 40.7 Å². The van der Waals surface area contributed by atoms with Gasteiger partial charge < -0.3 is 34.7 Å². The molecule has 6 heterocycles. The van der Waals surface area contributed by atoms with E-state index in [4.69, 9.17) is 14.7 Å². The Labute approximate surface area is 302 Å². The summed E-state index contributed by atoms with van der Waals surface area (Å²) in [5.74, 6) is 1.59. The molecule has 2 aromatic carbocycles. The van der Waals surface area contributed by atoms with Crippen LogP contribution in [0.25, 0.3) is 27.8 Å². The first kappa shape index (κ1) is 33.7. The Balaban J connectivity index is 0.866. The number of nitrogens with one attached hydrogen (secondary N) is 2. The van der Waals surface area contributed by atoms with E-state index in [1.807, 2.05) is 28.9 Å². The molecular formula is C40H43N9O3. The Bertz CT molecular complexity index is 2190. The highest BCUT2D eigenvalue weighted by Crippen LogP contribution is 2.41. The Hall–Kier alpha value is -5.43. The number of carbonyl (C=O) groups is 1. The molecule has 0 unspecified atom stereocenters. The summed E-state index contributed by atoms with van der Waals surface area (Å²) >= 11 is 0. The number of aromatic nitrogens is 5. The summed E-state index contributed by atoms with van der Waals surface area (Å²) in [5.41, 5.74) is 8.81. The maximum absolute atomic E-state index is 12.6. The lowest BCUT2D eigenvalue weighted by atomic mass is 9.98. The quantitative estimate of drug-likeness (QED) is 0.137. The maximum atomic E-state index is 12.6. The van der Waals surface area contributed by atoms with Crippen LogP contribution in [-0.2, 0) is 13.0 Å². The Morgan fingerprint density at radius 1 is 0.981 bits per heavy atom. The van der Waals surface area contributed by atoms with E-state index in [9.17, 15) is 9.90 Å². The van der Waals surface area contributed by atoms with Crippen LogP contribution < -0.4 is 20.3 Å². The fourth-order valence-corrected chi connectivity index (χ4v) is 7.24. The van der Waals surface area contributed by atoms with Gasteiger partial charge in [0.2, 0.25) is 0 Å². The first-order valence-electron chi connectivity index (χ1n) is 18.1. The number of nitrogens with zero attached hydrogens (tertiary/aromatic N) is 7. The minimum Gasteiger partial charge on any atom is -0.494 e. The highest BCUT2D eigenvalue weighted by Gasteiger charge is 2.26. The molecule has 12 nitrogen and oxygen atoms in total. The SMILES string of the molecule is O=C(NCCCNCc1cnc2c(N3CCc4c(-c5cccc(OCCCN6CC[C@H](O)C6)c5)cccc43)ncnc2c1)c1ccc2nccn2c1. The lowest BCUT2D eigenvalue weighted by molar-refractivity contribution is 0.0952. The number of aliphatic hydroxyl groups excluding tert-OH is 1. The lowest BCUT2D eigenvalue weighted by Crippen LogP contribution is -2.27. The van der Waals surface area contributed by atoms with Crippen molar-refractivity contribution in [1.29, 1.82) is 0 Å². The molecule has 8 rings (SSSR count). The van der Waals surface area contributed by atoms with Gasteiger partial charge in [0.1, 0.15) is 23.2 Å². The van der Waals surface area contributed by atoms with E-state index in [1.54, 1.807) is 24.8 Å². The first-order chi connectivity index (χ1) is 25.6. The van der Waals surface area contributed by atoms with E-state index in [-0.39, 0.29) is 12.0 Å². The summed E-state index contributed by atoms with van der Waals surface area (Å²) in [7, 11) is 0. The normalized spacial score (nSPS) is 15.8. The number of likely N-dealkylation sites (tertiary alicyclic amines) is 1. The van der Waals surface area contributed by atoms with Gasteiger partial charge in [-0.3, -0.25) is 9.78 Å². The van der Waals surface area contributed by atoms with Crippen LogP contribution in [0.15, 0.2) is 91.8 Å². The number of hydrogen-bond acceptors (Lipinski definition) is 10. The topological polar surface area (TPSA) is 133 Å². The second kappa shape index (κ2) is 15.4. The van der Waals surface area contributed by atoms with Gasteiger partial charge in [-0.15, -0.1) is 0 Å². The molecule has 266 valence electrons. The summed E-state index contributed by atoms with van der Waals surface area (Å²) in [6.07, 6.45) is 12.2. The van der Waals surface area contributed by atoms with Crippen molar-refractivity contribution in [3.8, 4) is 16.9 Å². The number of anilines is 2. The van der Waals surface area contributed by atoms with Crippen LogP contribution in [0.2, 0.25) is 0 Å². The average Bonchev–Trinajstić information content (AvgIpc) is 3.94. The third-order valence-electron chi connectivity index (χ3n) is 9.87. The van der Waals surface area contributed by atoms with Crippen molar-refractivity contribution in [2.75, 3.05) is 50.8 Å². The largest absolute Gasteiger partial charge is 0.494 e. The lowest BCUT2D eigenvalue weighted by Gasteiger charge is -2.20. The molecule has 52 heavy (non-hydrogen) atoms. The maximum Gasteiger partial charge on any atom is 0.252 e. The van der Waals surface area contributed by atoms with E-state index in [0.717, 1.165) is 103 Å². The third-order valence-corrected chi connectivity index (χ3v) is 9.87. The number of fused-ring (bicyclic) bond motifs is 3. The minimum absolute atomic E-state index is 0.0942. The molecule has 0 radical (unpaired) electrons. The zero-order valence-electron chi connectivity index (χ0n) is 29.1. The zero-order valence-corrected chi connectivity index (χ0v) is 29.1. The standard InChI is InChI=1S/C40H43N9O3/c50-31-11-17-47(26-31)16-4-20-52-32-6-1-5-29(22-32)33-7-2-8-36-34(33)12-18-49(36)39-38-35(45-27-46-39)21-28(24-44-38)23-41-13-3-14-43-40(51)30-9-10-37-42-15-19-48(37)25-30/h1-2,5-10,15,19,21-22,24-25,27,31,41,50H,3-4,11-14,16-18,20,23,26H2,(H,43,51)/t31-/m0/s1. The molecule has 0 spiro atoms. The fourth-order valence-electron chi connectivity index (χ4n) is 7.24. The van der Waals surface area contributed by atoms with E-state index < -0.39 is 0 Å². The van der Waals surface area contributed by atoms with E-state index in [1.165, 1.54) is 11.1 Å². The molecule has 2 aliphatic rings. The van der Waals surface area contributed by atoms with Crippen LogP contribution in [0.3, 0.4) is 0 Å². The molecule has 1 atom stereocenters. The summed E-state index contributed by atoms with van der Waals surface area (Å²) < 4.78 is 7.99. The molecule has 0 saturated carbocycles. The highest BCUT2D eigenvalue weighted by molar-refractivity contribution is 5.94. The van der Waals surface area contributed by atoms with Gasteiger partial charge in [-0.25, -0.2) is 15.0 Å². The van der Waals surface area contributed by atoms with Gasteiger partial charge in [0.25, 0.3) is 5.91 Å². The Kier molecular flexibility index (Phi) is 10.0. The second-order valence-electron chi connectivity index (χ2n) is 13.5. The number of hydrogen-bond donors (Lipinski definition) is 3. The number of carbonyl (C=O) groups excluding carboxylic acids is 1. The number of pyridine rings is 2. The number of imidazole rings is 1. The summed E-state index contributed by atoms with van der Waals surface area (Å²) in [5, 5.41) is 16.2. The van der Waals surface area contributed by atoms with Gasteiger partial charge in [0, 0.05) is 69.7 Å². The summed E-state index contributed by atoms with van der Waals surface area (Å²) in [4.78, 5) is 35.5. The Morgan fingerprint density at radius 2 is 1.92 bits per heavy atom. The van der Waals surface area contributed by atoms with Gasteiger partial charge in [-0.1, -0.05) is 24.3 Å². The van der Waals surface area contributed by atoms with Crippen LogP contribution >= 0.6 is 0 Å². The van der Waals surface area contributed by atoms with Crippen molar-refractivity contribution in [3.63, 3.8) is 0 Å². The number of benzene rings is 2. The first-order valence-corrected chi connectivity index (χ1v) is 18.1. The molecule has 2 aliphatic heterocycles. The predicted molar refractivity (Wildman–Crippen MR) is 201 cm³/mol. The number of ether oxygens (including phenoxy) is 1. The van der Waals surface area contributed by atoms with Crippen molar-refractivity contribution in [2.45, 2.75) is 38.3 Å². The summed E-state index contributed by atoms with van der Waals surface area (Å²) in [6.45, 7) is 6.10. The Morgan fingerprint density at radius 3 is 2.85 bits per heavy atom. The second-order valence-corrected chi connectivity index (χ2v) is 13.5. The number of rotatable bonds is 14. The van der Waals surface area contributed by atoms with Gasteiger partial charge in [-0.05, 0) is 90.9 Å². The summed E-state index contributed by atoms with van der Waals surface area (Å²) in [6, 6.07) is 20.5. The molecule has 3 N–H and O–H groups in total. The van der Waals surface area contributed by atoms with Crippen molar-refractivity contribution in [3.05, 3.63) is 108 Å². The van der Waals surface area contributed by atoms with Crippen molar-refractivity contribution < 1.29 is 14.6 Å². The number of amides is 1. The van der Waals surface area contributed by atoms with Crippen molar-refractivity contribution >= 4 is 34.1 Å². The number of β-amino-alcohol motifs (C(OH)–C–C–N with tert-alkyl or cyclic N) is 1. The fraction of sp³-hybridized carbons (Fsp3) is 0.325. The van der Waals surface area contributed by atoms with Crippen LogP contribution in [-0.4, -0.2) is 92.2 Å². The van der Waals surface area contributed by atoms with E-state index >= 15 is 0 Å². The zero-order chi connectivity index (χ0) is 35.3. The van der Waals surface area contributed by atoms with Crippen LogP contribution in [0, 0.1) is 0 Å². The van der Waals surface area contributed by atoms with Gasteiger partial charge in [0.15, 0.2) is 5.82 Å². The molecule has 0 bridgehead atoms. The monoisotopic (exact) mass is 697 g/mol.